The zero-order valence-corrected chi connectivity index (χ0v) is 9.60. The van der Waals surface area contributed by atoms with E-state index in [1.807, 2.05) is 6.92 Å². The topological polar surface area (TPSA) is 61.4 Å². The van der Waals surface area contributed by atoms with Gasteiger partial charge in [-0.25, -0.2) is 4.72 Å². The van der Waals surface area contributed by atoms with Crippen molar-refractivity contribution in [2.24, 2.45) is 0 Å². The minimum absolute atomic E-state index is 0.103. The normalized spacial score (nSPS) is 24.1. The molecule has 5 nitrogen and oxygen atoms in total. The number of hydrogen-bond donors (Lipinski definition) is 2. The van der Waals surface area contributed by atoms with E-state index in [2.05, 4.69) is 10.0 Å². The van der Waals surface area contributed by atoms with Crippen LogP contribution in [-0.2, 0) is 10.2 Å². The number of piperidine rings is 1. The molecule has 84 valence electrons. The zero-order chi connectivity index (χ0) is 10.6. The third kappa shape index (κ3) is 2.66. The maximum Gasteiger partial charge on any atom is 0.279 e. The molecule has 1 fully saturated rings. The predicted octanol–water partition coefficient (Wildman–Crippen LogP) is -0.475. The lowest BCUT2D eigenvalue weighted by Gasteiger charge is -2.32. The summed E-state index contributed by atoms with van der Waals surface area (Å²) in [7, 11) is -1.81. The Balaban J connectivity index is 2.70. The fourth-order valence-corrected chi connectivity index (χ4v) is 2.97. The van der Waals surface area contributed by atoms with E-state index in [4.69, 9.17) is 0 Å². The molecule has 0 aromatic rings. The first-order chi connectivity index (χ1) is 6.61. The molecule has 0 bridgehead atoms. The maximum atomic E-state index is 11.6. The van der Waals surface area contributed by atoms with E-state index < -0.39 is 10.2 Å². The third-order valence-electron chi connectivity index (χ3n) is 2.56. The van der Waals surface area contributed by atoms with Crippen LogP contribution >= 0.6 is 0 Å². The van der Waals surface area contributed by atoms with Crippen molar-refractivity contribution in [3.63, 3.8) is 0 Å². The van der Waals surface area contributed by atoms with Gasteiger partial charge in [-0.05, 0) is 19.4 Å². The van der Waals surface area contributed by atoms with Crippen molar-refractivity contribution in [3.8, 4) is 0 Å². The van der Waals surface area contributed by atoms with E-state index >= 15 is 0 Å². The van der Waals surface area contributed by atoms with Crippen molar-refractivity contribution >= 4 is 10.2 Å². The molecule has 0 spiro atoms. The van der Waals surface area contributed by atoms with Crippen LogP contribution in [0.1, 0.15) is 19.8 Å². The molecule has 0 saturated carbocycles. The van der Waals surface area contributed by atoms with Crippen LogP contribution in [0.25, 0.3) is 0 Å². The Morgan fingerprint density at radius 1 is 1.57 bits per heavy atom. The van der Waals surface area contributed by atoms with Gasteiger partial charge >= 0.3 is 0 Å². The van der Waals surface area contributed by atoms with Gasteiger partial charge in [-0.3, -0.25) is 0 Å². The summed E-state index contributed by atoms with van der Waals surface area (Å²) in [6.07, 6.45) is 1.99. The molecule has 1 rings (SSSR count). The van der Waals surface area contributed by atoms with Crippen LogP contribution in [-0.4, -0.2) is 45.4 Å². The second-order valence-corrected chi connectivity index (χ2v) is 5.24. The molecule has 0 aliphatic carbocycles. The first-order valence-corrected chi connectivity index (χ1v) is 6.47. The van der Waals surface area contributed by atoms with Crippen LogP contribution in [0.2, 0.25) is 0 Å². The highest BCUT2D eigenvalue weighted by Crippen LogP contribution is 2.12. The number of likely N-dealkylation sites (N-methyl/N-ethyl adjacent to an activating group) is 1. The van der Waals surface area contributed by atoms with Crippen molar-refractivity contribution in [2.75, 3.05) is 26.7 Å². The summed E-state index contributed by atoms with van der Waals surface area (Å²) < 4.78 is 27.1. The molecule has 1 unspecified atom stereocenters. The Morgan fingerprint density at radius 2 is 2.29 bits per heavy atom. The quantitative estimate of drug-likeness (QED) is 0.674. The summed E-state index contributed by atoms with van der Waals surface area (Å²) in [6.45, 7) is 4.14. The molecule has 0 amide bonds. The molecule has 0 aromatic heterocycles. The van der Waals surface area contributed by atoms with Crippen LogP contribution in [0.5, 0.6) is 0 Å². The van der Waals surface area contributed by atoms with Gasteiger partial charge in [-0.15, -0.1) is 0 Å². The van der Waals surface area contributed by atoms with E-state index in [0.29, 0.717) is 6.54 Å². The highest BCUT2D eigenvalue weighted by atomic mass is 32.2. The first-order valence-electron chi connectivity index (χ1n) is 5.03. The standard InChI is InChI=1S/C8H19N3O2S/c1-3-11(14(12,13)9-2)8-5-4-6-10-7-8/h8-10H,3-7H2,1-2H3. The largest absolute Gasteiger partial charge is 0.315 e. The lowest BCUT2D eigenvalue weighted by molar-refractivity contribution is 0.272. The predicted molar refractivity (Wildman–Crippen MR) is 56.3 cm³/mol. The molecular weight excluding hydrogens is 202 g/mol. The SMILES string of the molecule is CCN(C1CCCNC1)S(=O)(=O)NC. The van der Waals surface area contributed by atoms with Crippen molar-refractivity contribution in [3.05, 3.63) is 0 Å². The second-order valence-electron chi connectivity index (χ2n) is 3.41. The minimum Gasteiger partial charge on any atom is -0.315 e. The Kier molecular flexibility index (Phi) is 4.31. The van der Waals surface area contributed by atoms with E-state index in [0.717, 1.165) is 25.9 Å². The smallest absolute Gasteiger partial charge is 0.279 e. The van der Waals surface area contributed by atoms with Gasteiger partial charge < -0.3 is 5.32 Å². The summed E-state index contributed by atoms with van der Waals surface area (Å²) >= 11 is 0. The van der Waals surface area contributed by atoms with E-state index in [9.17, 15) is 8.42 Å². The Labute approximate surface area is 86.0 Å². The molecule has 1 atom stereocenters. The van der Waals surface area contributed by atoms with Crippen molar-refractivity contribution in [1.29, 1.82) is 0 Å². The number of hydrogen-bond acceptors (Lipinski definition) is 3. The first kappa shape index (κ1) is 11.9. The maximum absolute atomic E-state index is 11.6. The molecule has 0 aromatic carbocycles. The third-order valence-corrected chi connectivity index (χ3v) is 4.25. The highest BCUT2D eigenvalue weighted by Gasteiger charge is 2.28. The summed E-state index contributed by atoms with van der Waals surface area (Å²) in [6, 6.07) is 0.103. The molecule has 1 aliphatic heterocycles. The average molecular weight is 221 g/mol. The van der Waals surface area contributed by atoms with Gasteiger partial charge in [0.25, 0.3) is 10.2 Å². The highest BCUT2D eigenvalue weighted by molar-refractivity contribution is 7.87. The molecule has 0 radical (unpaired) electrons. The summed E-state index contributed by atoms with van der Waals surface area (Å²) in [5.41, 5.74) is 0. The minimum atomic E-state index is -3.27. The van der Waals surface area contributed by atoms with Crippen LogP contribution in [0, 0.1) is 0 Å². The van der Waals surface area contributed by atoms with Crippen molar-refractivity contribution in [2.45, 2.75) is 25.8 Å². The Morgan fingerprint density at radius 3 is 2.71 bits per heavy atom. The molecule has 1 aliphatic rings. The van der Waals surface area contributed by atoms with Gasteiger partial charge in [-0.2, -0.15) is 12.7 Å². The Hall–Kier alpha value is -0.170. The van der Waals surface area contributed by atoms with Gasteiger partial charge in [0.2, 0.25) is 0 Å². The molecule has 1 saturated heterocycles. The second kappa shape index (κ2) is 5.06. The van der Waals surface area contributed by atoms with E-state index in [1.54, 1.807) is 0 Å². The van der Waals surface area contributed by atoms with E-state index in [-0.39, 0.29) is 6.04 Å². The molecular formula is C8H19N3O2S. The fraction of sp³-hybridized carbons (Fsp3) is 1.00. The van der Waals surface area contributed by atoms with Gasteiger partial charge in [0, 0.05) is 26.2 Å². The summed E-state index contributed by atoms with van der Waals surface area (Å²) in [4.78, 5) is 0. The summed E-state index contributed by atoms with van der Waals surface area (Å²) in [5, 5.41) is 3.21. The van der Waals surface area contributed by atoms with E-state index in [1.165, 1.54) is 11.4 Å². The zero-order valence-electron chi connectivity index (χ0n) is 8.78. The van der Waals surface area contributed by atoms with Crippen LogP contribution < -0.4 is 10.0 Å². The number of nitrogens with zero attached hydrogens (tertiary/aromatic N) is 1. The molecule has 2 N–H and O–H groups in total. The summed E-state index contributed by atoms with van der Waals surface area (Å²) in [5.74, 6) is 0. The number of rotatable bonds is 4. The monoisotopic (exact) mass is 221 g/mol. The average Bonchev–Trinajstić information content (AvgIpc) is 2.20. The fourth-order valence-electron chi connectivity index (χ4n) is 1.82. The van der Waals surface area contributed by atoms with Crippen molar-refractivity contribution in [1.82, 2.24) is 14.3 Å². The molecule has 1 heterocycles. The lowest BCUT2D eigenvalue weighted by atomic mass is 10.1. The van der Waals surface area contributed by atoms with Gasteiger partial charge in [0.1, 0.15) is 0 Å². The lowest BCUT2D eigenvalue weighted by Crippen LogP contribution is -2.51. The molecule has 6 heteroatoms. The van der Waals surface area contributed by atoms with Gasteiger partial charge in [0.05, 0.1) is 0 Å². The van der Waals surface area contributed by atoms with Gasteiger partial charge in [0.15, 0.2) is 0 Å². The Bertz CT molecular complexity index is 260. The van der Waals surface area contributed by atoms with Crippen molar-refractivity contribution < 1.29 is 8.42 Å². The number of nitrogens with one attached hydrogen (secondary N) is 2. The van der Waals surface area contributed by atoms with Gasteiger partial charge in [-0.1, -0.05) is 6.92 Å². The van der Waals surface area contributed by atoms with Crippen LogP contribution in [0.15, 0.2) is 0 Å². The van der Waals surface area contributed by atoms with Crippen LogP contribution in [0.3, 0.4) is 0 Å². The van der Waals surface area contributed by atoms with Crippen LogP contribution in [0.4, 0.5) is 0 Å². The molecule has 14 heavy (non-hydrogen) atoms.